The van der Waals surface area contributed by atoms with Crippen molar-refractivity contribution in [1.29, 1.82) is 0 Å². The van der Waals surface area contributed by atoms with E-state index in [-0.39, 0.29) is 17.2 Å². The molecule has 1 aromatic heterocycles. The summed E-state index contributed by atoms with van der Waals surface area (Å²) >= 11 is 0. The van der Waals surface area contributed by atoms with Gasteiger partial charge in [-0.15, -0.1) is 0 Å². The number of nitrogens with one attached hydrogen (secondary N) is 2. The second-order valence-electron chi connectivity index (χ2n) is 9.71. The van der Waals surface area contributed by atoms with Crippen LogP contribution in [0.4, 0.5) is 0 Å². The van der Waals surface area contributed by atoms with Crippen LogP contribution in [-0.2, 0) is 12.0 Å². The molecule has 0 saturated carbocycles. The molecule has 32 heavy (non-hydrogen) atoms. The Balaban J connectivity index is 1.37. The maximum atomic E-state index is 12.7. The first-order valence-electron chi connectivity index (χ1n) is 11.2. The Kier molecular flexibility index (Phi) is 6.07. The smallest absolute Gasteiger partial charge is 0.267 e. The average Bonchev–Trinajstić information content (AvgIpc) is 3.21. The molecule has 168 valence electrons. The molecule has 6 nitrogen and oxygen atoms in total. The molecule has 2 heterocycles. The van der Waals surface area contributed by atoms with Crippen molar-refractivity contribution in [3.63, 3.8) is 0 Å². The number of carbonyl (C=O) groups is 2. The summed E-state index contributed by atoms with van der Waals surface area (Å²) in [6, 6.07) is 15.7. The van der Waals surface area contributed by atoms with Gasteiger partial charge in [-0.1, -0.05) is 45.0 Å². The summed E-state index contributed by atoms with van der Waals surface area (Å²) in [5, 5.41) is 3.99. The maximum Gasteiger partial charge on any atom is 0.267 e. The van der Waals surface area contributed by atoms with Gasteiger partial charge in [0.05, 0.1) is 0 Å². The number of carbonyl (C=O) groups excluding carboxylic acids is 2. The van der Waals surface area contributed by atoms with Crippen LogP contribution < -0.4 is 5.32 Å². The van der Waals surface area contributed by atoms with Gasteiger partial charge in [-0.25, -0.2) is 0 Å². The van der Waals surface area contributed by atoms with Gasteiger partial charge in [-0.3, -0.25) is 9.59 Å². The number of piperazine rings is 1. The molecule has 4 rings (SSSR count). The predicted molar refractivity (Wildman–Crippen MR) is 128 cm³/mol. The van der Waals surface area contributed by atoms with Gasteiger partial charge in [0.2, 0.25) is 0 Å². The molecule has 0 bridgehead atoms. The molecule has 2 N–H and O–H groups in total. The number of H-pyrrole nitrogens is 1. The maximum absolute atomic E-state index is 12.7. The summed E-state index contributed by atoms with van der Waals surface area (Å²) in [4.78, 5) is 32.7. The number of nitrogens with zero attached hydrogens (tertiary/aromatic N) is 2. The number of rotatable bonds is 4. The third-order valence-corrected chi connectivity index (χ3v) is 6.18. The van der Waals surface area contributed by atoms with Crippen LogP contribution in [0.25, 0.3) is 10.9 Å². The van der Waals surface area contributed by atoms with Crippen molar-refractivity contribution in [3.05, 3.63) is 70.9 Å². The number of aromatic nitrogens is 1. The van der Waals surface area contributed by atoms with Crippen LogP contribution in [-0.4, -0.2) is 59.8 Å². The zero-order valence-corrected chi connectivity index (χ0v) is 19.4. The van der Waals surface area contributed by atoms with Crippen molar-refractivity contribution in [2.75, 3.05) is 33.2 Å². The molecule has 0 aliphatic carbocycles. The summed E-state index contributed by atoms with van der Waals surface area (Å²) in [7, 11) is 2.07. The molecular weight excluding hydrogens is 400 g/mol. The van der Waals surface area contributed by atoms with Crippen molar-refractivity contribution < 1.29 is 9.59 Å². The number of fused-ring (bicyclic) bond motifs is 1. The molecule has 2 amide bonds. The van der Waals surface area contributed by atoms with E-state index in [1.54, 1.807) is 0 Å². The van der Waals surface area contributed by atoms with Crippen LogP contribution >= 0.6 is 0 Å². The molecule has 0 spiro atoms. The molecule has 2 aromatic carbocycles. The number of hydrogen-bond acceptors (Lipinski definition) is 3. The van der Waals surface area contributed by atoms with Gasteiger partial charge in [-0.2, -0.15) is 0 Å². The molecule has 3 aromatic rings. The number of amides is 2. The lowest BCUT2D eigenvalue weighted by molar-refractivity contribution is 0.0664. The highest BCUT2D eigenvalue weighted by molar-refractivity contribution is 5.98. The first-order valence-corrected chi connectivity index (χ1v) is 11.2. The van der Waals surface area contributed by atoms with Crippen LogP contribution in [0.3, 0.4) is 0 Å². The lowest BCUT2D eigenvalue weighted by Crippen LogP contribution is -2.47. The number of aromatic amines is 1. The van der Waals surface area contributed by atoms with Crippen molar-refractivity contribution in [1.82, 2.24) is 20.1 Å². The molecule has 0 atom stereocenters. The fraction of sp³-hybridized carbons (Fsp3) is 0.385. The molecule has 1 aliphatic rings. The van der Waals surface area contributed by atoms with E-state index >= 15 is 0 Å². The Bertz CT molecular complexity index is 1120. The first-order chi connectivity index (χ1) is 15.2. The van der Waals surface area contributed by atoms with Gasteiger partial charge in [0.15, 0.2) is 0 Å². The molecule has 0 unspecified atom stereocenters. The topological polar surface area (TPSA) is 68.4 Å². The Hall–Kier alpha value is -3.12. The lowest BCUT2D eigenvalue weighted by Gasteiger charge is -2.32. The summed E-state index contributed by atoms with van der Waals surface area (Å²) in [6.07, 6.45) is 0. The van der Waals surface area contributed by atoms with Gasteiger partial charge in [0.25, 0.3) is 11.8 Å². The highest BCUT2D eigenvalue weighted by Gasteiger charge is 2.20. The summed E-state index contributed by atoms with van der Waals surface area (Å²) in [6.45, 7) is 10.3. The Morgan fingerprint density at radius 1 is 0.969 bits per heavy atom. The van der Waals surface area contributed by atoms with E-state index in [2.05, 4.69) is 61.2 Å². The second kappa shape index (κ2) is 8.79. The minimum absolute atomic E-state index is 0.0552. The van der Waals surface area contributed by atoms with Crippen molar-refractivity contribution >= 4 is 22.7 Å². The van der Waals surface area contributed by atoms with Crippen molar-refractivity contribution in [2.24, 2.45) is 0 Å². The van der Waals surface area contributed by atoms with Crippen molar-refractivity contribution in [3.8, 4) is 0 Å². The third kappa shape index (κ3) is 4.86. The Labute approximate surface area is 189 Å². The monoisotopic (exact) mass is 432 g/mol. The van der Waals surface area contributed by atoms with E-state index in [1.807, 2.05) is 35.2 Å². The largest absolute Gasteiger partial charge is 0.351 e. The van der Waals surface area contributed by atoms with Crippen LogP contribution in [0, 0.1) is 0 Å². The zero-order valence-electron chi connectivity index (χ0n) is 19.4. The van der Waals surface area contributed by atoms with E-state index in [1.165, 1.54) is 5.56 Å². The highest BCUT2D eigenvalue weighted by Crippen LogP contribution is 2.26. The normalized spacial score (nSPS) is 15.2. The first kappa shape index (κ1) is 22.1. The quantitative estimate of drug-likeness (QED) is 0.659. The second-order valence-corrected chi connectivity index (χ2v) is 9.71. The molecule has 1 fully saturated rings. The fourth-order valence-corrected chi connectivity index (χ4v) is 3.95. The van der Waals surface area contributed by atoms with Gasteiger partial charge in [-0.05, 0) is 47.9 Å². The third-order valence-electron chi connectivity index (χ3n) is 6.18. The van der Waals surface area contributed by atoms with E-state index in [0.717, 1.165) is 42.6 Å². The summed E-state index contributed by atoms with van der Waals surface area (Å²) in [5.41, 5.74) is 4.45. The molecule has 1 saturated heterocycles. The van der Waals surface area contributed by atoms with Gasteiger partial charge in [0, 0.05) is 49.2 Å². The van der Waals surface area contributed by atoms with E-state index in [0.29, 0.717) is 17.8 Å². The minimum atomic E-state index is -0.143. The lowest BCUT2D eigenvalue weighted by atomic mass is 9.87. The fourth-order valence-electron chi connectivity index (χ4n) is 3.95. The molecule has 0 radical (unpaired) electrons. The van der Waals surface area contributed by atoms with Crippen LogP contribution in [0.15, 0.2) is 48.5 Å². The predicted octanol–water partition coefficient (Wildman–Crippen LogP) is 3.78. The van der Waals surface area contributed by atoms with E-state index < -0.39 is 0 Å². The van der Waals surface area contributed by atoms with Gasteiger partial charge in [0.1, 0.15) is 5.69 Å². The summed E-state index contributed by atoms with van der Waals surface area (Å²) < 4.78 is 0. The number of benzene rings is 2. The van der Waals surface area contributed by atoms with Crippen LogP contribution in [0.1, 0.15) is 52.7 Å². The molecular formula is C26H32N4O2. The number of hydrogen-bond donors (Lipinski definition) is 2. The van der Waals surface area contributed by atoms with Gasteiger partial charge < -0.3 is 20.1 Å². The Morgan fingerprint density at radius 2 is 1.66 bits per heavy atom. The van der Waals surface area contributed by atoms with E-state index in [9.17, 15) is 9.59 Å². The molecule has 1 aliphatic heterocycles. The zero-order chi connectivity index (χ0) is 22.9. The Morgan fingerprint density at radius 3 is 2.31 bits per heavy atom. The highest BCUT2D eigenvalue weighted by atomic mass is 16.2. The number of likely N-dealkylation sites (N-methyl/N-ethyl adjacent to an activating group) is 1. The van der Waals surface area contributed by atoms with Gasteiger partial charge >= 0.3 is 0 Å². The minimum Gasteiger partial charge on any atom is -0.351 e. The molecule has 6 heteroatoms. The van der Waals surface area contributed by atoms with Crippen LogP contribution in [0.2, 0.25) is 0 Å². The van der Waals surface area contributed by atoms with Crippen LogP contribution in [0.5, 0.6) is 0 Å². The average molecular weight is 433 g/mol. The SMILES string of the molecule is CN1CCN(C(=O)c2ccc(CNC(=O)c3cc4ccc(C(C)(C)C)cc4[nH]3)cc2)CC1. The van der Waals surface area contributed by atoms with E-state index in [4.69, 9.17) is 0 Å². The standard InChI is InChI=1S/C26H32N4O2/c1-26(2,3)21-10-9-20-15-23(28-22(20)16-21)24(31)27-17-18-5-7-19(8-6-18)25(32)30-13-11-29(4)12-14-30/h5-10,15-16,28H,11-14,17H2,1-4H3,(H,27,31). The van der Waals surface area contributed by atoms with Crippen molar-refractivity contribution in [2.45, 2.75) is 32.7 Å². The summed E-state index contributed by atoms with van der Waals surface area (Å²) in [5.74, 6) is -0.0718.